The minimum atomic E-state index is -0.231. The fourth-order valence-electron chi connectivity index (χ4n) is 2.06. The lowest BCUT2D eigenvalue weighted by Gasteiger charge is -2.41. The third-order valence-corrected chi connectivity index (χ3v) is 3.19. The van der Waals surface area contributed by atoms with Crippen LogP contribution in [0.1, 0.15) is 38.5 Å². The van der Waals surface area contributed by atoms with E-state index in [9.17, 15) is 5.11 Å². The second-order valence-corrected chi connectivity index (χ2v) is 4.23. The second kappa shape index (κ2) is 5.69. The van der Waals surface area contributed by atoms with E-state index < -0.39 is 0 Å². The Kier molecular flexibility index (Phi) is 4.85. The Hall–Kier alpha value is -0.120. The van der Waals surface area contributed by atoms with Crippen LogP contribution in [0, 0.1) is 0 Å². The third-order valence-electron chi connectivity index (χ3n) is 3.19. The van der Waals surface area contributed by atoms with Crippen LogP contribution < -0.4 is 0 Å². The Balaban J connectivity index is 2.15. The molecule has 3 nitrogen and oxygen atoms in total. The molecule has 1 atom stereocenters. The Morgan fingerprint density at radius 3 is 2.50 bits per heavy atom. The van der Waals surface area contributed by atoms with Crippen LogP contribution in [-0.4, -0.2) is 37.6 Å². The van der Waals surface area contributed by atoms with Crippen LogP contribution in [0.3, 0.4) is 0 Å². The zero-order valence-electron chi connectivity index (χ0n) is 9.29. The summed E-state index contributed by atoms with van der Waals surface area (Å²) in [6.07, 6.45) is 5.74. The summed E-state index contributed by atoms with van der Waals surface area (Å²) >= 11 is 0. The number of aliphatic hydroxyl groups is 1. The van der Waals surface area contributed by atoms with Gasteiger partial charge in [-0.05, 0) is 32.1 Å². The molecule has 0 saturated heterocycles. The third kappa shape index (κ3) is 3.23. The molecule has 1 fully saturated rings. The number of methoxy groups -OCH3 is 2. The highest BCUT2D eigenvalue weighted by Gasteiger charge is 2.38. The van der Waals surface area contributed by atoms with Crippen molar-refractivity contribution in [2.75, 3.05) is 20.8 Å². The summed E-state index contributed by atoms with van der Waals surface area (Å²) in [5, 5.41) is 9.77. The first kappa shape index (κ1) is 12.0. The van der Waals surface area contributed by atoms with Gasteiger partial charge < -0.3 is 14.6 Å². The van der Waals surface area contributed by atoms with Gasteiger partial charge in [-0.2, -0.15) is 0 Å². The summed E-state index contributed by atoms with van der Waals surface area (Å²) in [7, 11) is 3.44. The Morgan fingerprint density at radius 1 is 1.36 bits per heavy atom. The Morgan fingerprint density at radius 2 is 2.07 bits per heavy atom. The average molecular weight is 202 g/mol. The normalized spacial score (nSPS) is 21.6. The van der Waals surface area contributed by atoms with E-state index in [1.54, 1.807) is 14.2 Å². The summed E-state index contributed by atoms with van der Waals surface area (Å²) < 4.78 is 10.4. The molecule has 1 N–H and O–H groups in total. The molecule has 3 heteroatoms. The van der Waals surface area contributed by atoms with E-state index in [0.29, 0.717) is 0 Å². The molecular weight excluding hydrogens is 180 g/mol. The van der Waals surface area contributed by atoms with Crippen molar-refractivity contribution in [3.05, 3.63) is 0 Å². The lowest BCUT2D eigenvalue weighted by atomic mass is 9.75. The molecule has 1 rings (SSSR count). The molecule has 0 bridgehead atoms. The summed E-state index contributed by atoms with van der Waals surface area (Å²) in [5.41, 5.74) is -0.00745. The molecule has 0 aromatic heterocycles. The molecule has 1 unspecified atom stereocenters. The van der Waals surface area contributed by atoms with Gasteiger partial charge in [0, 0.05) is 27.2 Å². The van der Waals surface area contributed by atoms with E-state index in [1.807, 2.05) is 0 Å². The van der Waals surface area contributed by atoms with Crippen molar-refractivity contribution in [1.82, 2.24) is 0 Å². The first-order valence-corrected chi connectivity index (χ1v) is 5.44. The van der Waals surface area contributed by atoms with Crippen LogP contribution in [0.5, 0.6) is 0 Å². The summed E-state index contributed by atoms with van der Waals surface area (Å²) in [6.45, 7) is 0.733. The van der Waals surface area contributed by atoms with Crippen molar-refractivity contribution in [3.8, 4) is 0 Å². The van der Waals surface area contributed by atoms with Gasteiger partial charge in [0.1, 0.15) is 0 Å². The van der Waals surface area contributed by atoms with E-state index in [4.69, 9.17) is 9.47 Å². The average Bonchev–Trinajstić information content (AvgIpc) is 2.12. The van der Waals surface area contributed by atoms with Crippen LogP contribution in [0.15, 0.2) is 0 Å². The largest absolute Gasteiger partial charge is 0.393 e. The molecule has 0 spiro atoms. The number of ether oxygens (including phenoxy) is 2. The molecule has 0 amide bonds. The van der Waals surface area contributed by atoms with Crippen LogP contribution in [-0.2, 0) is 9.47 Å². The van der Waals surface area contributed by atoms with Gasteiger partial charge in [0.2, 0.25) is 0 Å². The molecule has 1 aliphatic carbocycles. The van der Waals surface area contributed by atoms with Gasteiger partial charge in [-0.3, -0.25) is 0 Å². The summed E-state index contributed by atoms with van der Waals surface area (Å²) in [5.74, 6) is 0. The van der Waals surface area contributed by atoms with Crippen molar-refractivity contribution in [2.45, 2.75) is 50.2 Å². The highest BCUT2D eigenvalue weighted by atomic mass is 16.5. The number of hydrogen-bond donors (Lipinski definition) is 1. The zero-order valence-corrected chi connectivity index (χ0v) is 9.29. The quantitative estimate of drug-likeness (QED) is 0.639. The lowest BCUT2D eigenvalue weighted by Crippen LogP contribution is -2.42. The first-order valence-electron chi connectivity index (χ1n) is 5.44. The maximum absolute atomic E-state index is 9.77. The molecule has 1 aliphatic rings. The fourth-order valence-corrected chi connectivity index (χ4v) is 2.06. The maximum atomic E-state index is 9.77. The van der Waals surface area contributed by atoms with Crippen molar-refractivity contribution in [2.24, 2.45) is 0 Å². The van der Waals surface area contributed by atoms with Crippen molar-refractivity contribution < 1.29 is 14.6 Å². The van der Waals surface area contributed by atoms with Gasteiger partial charge in [-0.15, -0.1) is 0 Å². The Labute approximate surface area is 86.4 Å². The standard InChI is InChI=1S/C11H22O3/c1-13-8-3-5-10(12)9-11(14-2)6-4-7-11/h10,12H,3-9H2,1-2H3. The SMILES string of the molecule is COCCCC(O)CC1(OC)CCC1. The van der Waals surface area contributed by atoms with Gasteiger partial charge in [0.25, 0.3) is 0 Å². The monoisotopic (exact) mass is 202 g/mol. The summed E-state index contributed by atoms with van der Waals surface area (Å²) in [4.78, 5) is 0. The second-order valence-electron chi connectivity index (χ2n) is 4.23. The molecule has 0 heterocycles. The van der Waals surface area contributed by atoms with Gasteiger partial charge in [0.05, 0.1) is 11.7 Å². The lowest BCUT2D eigenvalue weighted by molar-refractivity contribution is -0.100. The van der Waals surface area contributed by atoms with Crippen LogP contribution in [0.25, 0.3) is 0 Å². The van der Waals surface area contributed by atoms with Gasteiger partial charge in [0.15, 0.2) is 0 Å². The minimum Gasteiger partial charge on any atom is -0.393 e. The van der Waals surface area contributed by atoms with Crippen LogP contribution >= 0.6 is 0 Å². The van der Waals surface area contributed by atoms with Gasteiger partial charge >= 0.3 is 0 Å². The van der Waals surface area contributed by atoms with E-state index in [2.05, 4.69) is 0 Å². The molecule has 0 aromatic rings. The first-order chi connectivity index (χ1) is 6.72. The molecule has 1 saturated carbocycles. The predicted octanol–water partition coefficient (Wildman–Crippen LogP) is 1.73. The highest BCUT2D eigenvalue weighted by Crippen LogP contribution is 2.39. The highest BCUT2D eigenvalue weighted by molar-refractivity contribution is 4.91. The molecule has 0 radical (unpaired) electrons. The molecule has 0 aliphatic heterocycles. The molecule has 0 aromatic carbocycles. The fraction of sp³-hybridized carbons (Fsp3) is 1.00. The smallest absolute Gasteiger partial charge is 0.0703 e. The maximum Gasteiger partial charge on any atom is 0.0703 e. The van der Waals surface area contributed by atoms with E-state index in [1.165, 1.54) is 6.42 Å². The van der Waals surface area contributed by atoms with E-state index in [-0.39, 0.29) is 11.7 Å². The van der Waals surface area contributed by atoms with Crippen LogP contribution in [0.4, 0.5) is 0 Å². The van der Waals surface area contributed by atoms with Crippen molar-refractivity contribution in [3.63, 3.8) is 0 Å². The number of aliphatic hydroxyl groups excluding tert-OH is 1. The van der Waals surface area contributed by atoms with Crippen LogP contribution in [0.2, 0.25) is 0 Å². The topological polar surface area (TPSA) is 38.7 Å². The molecule has 14 heavy (non-hydrogen) atoms. The minimum absolute atomic E-state index is 0.00745. The predicted molar refractivity (Wildman–Crippen MR) is 55.3 cm³/mol. The van der Waals surface area contributed by atoms with Gasteiger partial charge in [-0.1, -0.05) is 0 Å². The molecule has 84 valence electrons. The summed E-state index contributed by atoms with van der Waals surface area (Å²) in [6, 6.07) is 0. The van der Waals surface area contributed by atoms with E-state index >= 15 is 0 Å². The zero-order chi connectivity index (χ0) is 10.4. The number of rotatable bonds is 7. The number of hydrogen-bond acceptors (Lipinski definition) is 3. The van der Waals surface area contributed by atoms with E-state index in [0.717, 1.165) is 38.7 Å². The Bertz CT molecular complexity index is 149. The molecular formula is C11H22O3. The van der Waals surface area contributed by atoms with Gasteiger partial charge in [-0.25, -0.2) is 0 Å². The van der Waals surface area contributed by atoms with Crippen molar-refractivity contribution in [1.29, 1.82) is 0 Å². The van der Waals surface area contributed by atoms with Crippen molar-refractivity contribution >= 4 is 0 Å².